The van der Waals surface area contributed by atoms with E-state index in [2.05, 4.69) is 15.2 Å². The maximum absolute atomic E-state index is 11.8. The van der Waals surface area contributed by atoms with Gasteiger partial charge in [0.2, 0.25) is 5.91 Å². The fraction of sp³-hybridized carbons (Fsp3) is 0.700. The molecule has 1 rings (SSSR count). The second-order valence-corrected chi connectivity index (χ2v) is 4.36. The third kappa shape index (κ3) is 3.62. The molecule has 0 aliphatic rings. The minimum absolute atomic E-state index is 0.0647. The molecule has 1 atom stereocenters. The summed E-state index contributed by atoms with van der Waals surface area (Å²) in [6.45, 7) is 4.50. The van der Waals surface area contributed by atoms with Crippen LogP contribution in [-0.4, -0.2) is 39.1 Å². The highest BCUT2D eigenvalue weighted by Crippen LogP contribution is 2.06. The van der Waals surface area contributed by atoms with Crippen LogP contribution in [0.3, 0.4) is 0 Å². The van der Waals surface area contributed by atoms with Gasteiger partial charge in [-0.3, -0.25) is 9.89 Å². The second kappa shape index (κ2) is 5.60. The number of nitrogens with one attached hydrogen (secondary N) is 1. The van der Waals surface area contributed by atoms with Crippen molar-refractivity contribution in [2.75, 3.05) is 7.05 Å². The van der Waals surface area contributed by atoms with E-state index in [1.165, 1.54) is 6.33 Å². The summed E-state index contributed by atoms with van der Waals surface area (Å²) in [6.07, 6.45) is 2.11. The first-order chi connectivity index (χ1) is 7.50. The minimum Gasteiger partial charge on any atom is -0.337 e. The Kier molecular flexibility index (Phi) is 4.42. The van der Waals surface area contributed by atoms with Gasteiger partial charge >= 0.3 is 0 Å². The Hall–Kier alpha value is -1.43. The van der Waals surface area contributed by atoms with Gasteiger partial charge in [-0.15, -0.1) is 0 Å². The fourth-order valence-corrected chi connectivity index (χ4v) is 1.50. The highest BCUT2D eigenvalue weighted by atomic mass is 16.2. The van der Waals surface area contributed by atoms with E-state index in [0.717, 1.165) is 0 Å². The van der Waals surface area contributed by atoms with Gasteiger partial charge in [-0.25, -0.2) is 4.98 Å². The molecule has 0 fully saturated rings. The summed E-state index contributed by atoms with van der Waals surface area (Å²) < 4.78 is 0. The maximum Gasteiger partial charge on any atom is 0.239 e. The highest BCUT2D eigenvalue weighted by molar-refractivity contribution is 5.81. The van der Waals surface area contributed by atoms with Crippen LogP contribution in [-0.2, 0) is 11.3 Å². The van der Waals surface area contributed by atoms with Gasteiger partial charge in [-0.05, 0) is 12.3 Å². The van der Waals surface area contributed by atoms with Crippen molar-refractivity contribution >= 4 is 5.91 Å². The molecule has 1 aromatic heterocycles. The van der Waals surface area contributed by atoms with E-state index >= 15 is 0 Å². The normalized spacial score (nSPS) is 12.8. The van der Waals surface area contributed by atoms with Gasteiger partial charge in [0.25, 0.3) is 0 Å². The molecule has 1 unspecified atom stereocenters. The summed E-state index contributed by atoms with van der Waals surface area (Å²) in [7, 11) is 1.71. The molecule has 1 heterocycles. The molecular weight excluding hydrogens is 206 g/mol. The molecule has 0 bridgehead atoms. The summed E-state index contributed by atoms with van der Waals surface area (Å²) in [4.78, 5) is 17.4. The molecule has 0 saturated heterocycles. The van der Waals surface area contributed by atoms with Gasteiger partial charge in [0.15, 0.2) is 0 Å². The van der Waals surface area contributed by atoms with Gasteiger partial charge < -0.3 is 10.6 Å². The van der Waals surface area contributed by atoms with Crippen LogP contribution in [0.25, 0.3) is 0 Å². The van der Waals surface area contributed by atoms with Crippen molar-refractivity contribution in [2.45, 2.75) is 32.9 Å². The Labute approximate surface area is 95.2 Å². The van der Waals surface area contributed by atoms with Crippen molar-refractivity contribution in [3.63, 3.8) is 0 Å². The molecule has 16 heavy (non-hydrogen) atoms. The summed E-state index contributed by atoms with van der Waals surface area (Å²) in [5, 5.41) is 6.43. The lowest BCUT2D eigenvalue weighted by atomic mass is 10.0. The average Bonchev–Trinajstić information content (AvgIpc) is 2.68. The molecule has 0 spiro atoms. The highest BCUT2D eigenvalue weighted by Gasteiger charge is 2.19. The van der Waals surface area contributed by atoms with E-state index in [-0.39, 0.29) is 5.91 Å². The molecule has 1 aromatic rings. The number of hydrogen-bond acceptors (Lipinski definition) is 4. The molecule has 90 valence electrons. The third-order valence-corrected chi connectivity index (χ3v) is 2.27. The van der Waals surface area contributed by atoms with Gasteiger partial charge in [-0.2, -0.15) is 5.10 Å². The Bertz CT molecular complexity index is 322. The van der Waals surface area contributed by atoms with E-state index in [1.54, 1.807) is 11.9 Å². The molecule has 0 aliphatic carbocycles. The zero-order valence-electron chi connectivity index (χ0n) is 9.97. The summed E-state index contributed by atoms with van der Waals surface area (Å²) in [6, 6.07) is -0.437. The van der Waals surface area contributed by atoms with Crippen LogP contribution in [0.4, 0.5) is 0 Å². The van der Waals surface area contributed by atoms with Crippen molar-refractivity contribution < 1.29 is 4.79 Å². The maximum atomic E-state index is 11.8. The van der Waals surface area contributed by atoms with Crippen LogP contribution in [0.2, 0.25) is 0 Å². The summed E-state index contributed by atoms with van der Waals surface area (Å²) >= 11 is 0. The number of H-pyrrole nitrogens is 1. The van der Waals surface area contributed by atoms with E-state index < -0.39 is 6.04 Å². The molecular formula is C10H19N5O. The van der Waals surface area contributed by atoms with Crippen molar-refractivity contribution in [3.05, 3.63) is 12.2 Å². The van der Waals surface area contributed by atoms with Crippen molar-refractivity contribution in [3.8, 4) is 0 Å². The van der Waals surface area contributed by atoms with Crippen LogP contribution in [0, 0.1) is 5.92 Å². The lowest BCUT2D eigenvalue weighted by Crippen LogP contribution is -2.42. The number of amides is 1. The van der Waals surface area contributed by atoms with Crippen LogP contribution in [0.5, 0.6) is 0 Å². The summed E-state index contributed by atoms with van der Waals surface area (Å²) in [5.41, 5.74) is 5.81. The number of carbonyl (C=O) groups is 1. The number of rotatable bonds is 5. The van der Waals surface area contributed by atoms with E-state index in [9.17, 15) is 4.79 Å². The predicted molar refractivity (Wildman–Crippen MR) is 60.3 cm³/mol. The molecule has 6 nitrogen and oxygen atoms in total. The van der Waals surface area contributed by atoms with E-state index in [0.29, 0.717) is 24.7 Å². The van der Waals surface area contributed by atoms with E-state index in [4.69, 9.17) is 5.73 Å². The van der Waals surface area contributed by atoms with Crippen LogP contribution >= 0.6 is 0 Å². The number of aromatic nitrogens is 3. The predicted octanol–water partition coefficient (Wildman–Crippen LogP) is 0.137. The molecule has 0 aliphatic heterocycles. The minimum atomic E-state index is -0.437. The first kappa shape index (κ1) is 12.6. The first-order valence-corrected chi connectivity index (χ1v) is 5.35. The smallest absolute Gasteiger partial charge is 0.239 e. The summed E-state index contributed by atoms with van der Waals surface area (Å²) in [5.74, 6) is 1.01. The fourth-order valence-electron chi connectivity index (χ4n) is 1.50. The largest absolute Gasteiger partial charge is 0.337 e. The number of hydrogen-bond donors (Lipinski definition) is 2. The monoisotopic (exact) mass is 225 g/mol. The van der Waals surface area contributed by atoms with Crippen LogP contribution < -0.4 is 5.73 Å². The van der Waals surface area contributed by atoms with E-state index in [1.807, 2.05) is 13.8 Å². The Morgan fingerprint density at radius 1 is 1.62 bits per heavy atom. The molecule has 0 saturated carbocycles. The number of carbonyl (C=O) groups excluding carboxylic acids is 1. The lowest BCUT2D eigenvalue weighted by Gasteiger charge is -2.21. The zero-order valence-corrected chi connectivity index (χ0v) is 9.97. The topological polar surface area (TPSA) is 87.9 Å². The first-order valence-electron chi connectivity index (χ1n) is 5.35. The standard InChI is InChI=1S/C10H19N5O/c1-7(2)4-8(11)10(16)15(3)5-9-12-6-13-14-9/h6-8H,4-5,11H2,1-3H3,(H,12,13,14). The van der Waals surface area contributed by atoms with Crippen molar-refractivity contribution in [1.82, 2.24) is 20.1 Å². The van der Waals surface area contributed by atoms with Gasteiger partial charge in [0.1, 0.15) is 12.2 Å². The zero-order chi connectivity index (χ0) is 12.1. The second-order valence-electron chi connectivity index (χ2n) is 4.36. The van der Waals surface area contributed by atoms with Crippen molar-refractivity contribution in [2.24, 2.45) is 11.7 Å². The average molecular weight is 225 g/mol. The van der Waals surface area contributed by atoms with Crippen LogP contribution in [0.15, 0.2) is 6.33 Å². The lowest BCUT2D eigenvalue weighted by molar-refractivity contribution is -0.132. The Morgan fingerprint density at radius 2 is 2.31 bits per heavy atom. The Balaban J connectivity index is 2.47. The van der Waals surface area contributed by atoms with Crippen LogP contribution in [0.1, 0.15) is 26.1 Å². The third-order valence-electron chi connectivity index (χ3n) is 2.27. The number of nitrogens with zero attached hydrogens (tertiary/aromatic N) is 3. The Morgan fingerprint density at radius 3 is 2.81 bits per heavy atom. The van der Waals surface area contributed by atoms with Gasteiger partial charge in [0.05, 0.1) is 12.6 Å². The molecule has 0 radical (unpaired) electrons. The van der Waals surface area contributed by atoms with Gasteiger partial charge in [0, 0.05) is 7.05 Å². The molecule has 6 heteroatoms. The molecule has 1 amide bonds. The molecule has 0 aromatic carbocycles. The number of aromatic amines is 1. The van der Waals surface area contributed by atoms with Gasteiger partial charge in [-0.1, -0.05) is 13.8 Å². The number of likely N-dealkylation sites (N-methyl/N-ethyl adjacent to an activating group) is 1. The SMILES string of the molecule is CC(C)CC(N)C(=O)N(C)Cc1ncn[nH]1. The quantitative estimate of drug-likeness (QED) is 0.746. The van der Waals surface area contributed by atoms with Crippen molar-refractivity contribution in [1.29, 1.82) is 0 Å². The molecule has 3 N–H and O–H groups in total. The number of nitrogens with two attached hydrogens (primary N) is 1.